The molecule has 1 fully saturated rings. The van der Waals surface area contributed by atoms with Crippen molar-refractivity contribution >= 4 is 6.09 Å². The molecule has 1 rings (SSSR count). The summed E-state index contributed by atoms with van der Waals surface area (Å²) in [7, 11) is 0. The Morgan fingerprint density at radius 3 is 2.56 bits per heavy atom. The van der Waals surface area contributed by atoms with Crippen molar-refractivity contribution in [3.63, 3.8) is 0 Å². The number of amides is 1. The zero-order valence-electron chi connectivity index (χ0n) is 12.4. The monoisotopic (exact) mass is 256 g/mol. The van der Waals surface area contributed by atoms with E-state index in [1.54, 1.807) is 0 Å². The van der Waals surface area contributed by atoms with E-state index in [4.69, 9.17) is 10.5 Å². The average molecular weight is 256 g/mol. The van der Waals surface area contributed by atoms with Crippen LogP contribution in [-0.4, -0.2) is 35.7 Å². The number of hydrogen-bond donors (Lipinski definition) is 1. The highest BCUT2D eigenvalue weighted by Crippen LogP contribution is 2.24. The van der Waals surface area contributed by atoms with Crippen LogP contribution in [0.2, 0.25) is 0 Å². The molecule has 0 bridgehead atoms. The van der Waals surface area contributed by atoms with Gasteiger partial charge in [0.05, 0.1) is 0 Å². The quantitative estimate of drug-likeness (QED) is 0.844. The number of hydrogen-bond acceptors (Lipinski definition) is 3. The lowest BCUT2D eigenvalue weighted by Gasteiger charge is -2.25. The van der Waals surface area contributed by atoms with Crippen molar-refractivity contribution in [2.45, 2.75) is 59.1 Å². The van der Waals surface area contributed by atoms with Crippen LogP contribution in [0.5, 0.6) is 0 Å². The number of carbonyl (C=O) groups is 1. The Labute approximate surface area is 111 Å². The summed E-state index contributed by atoms with van der Waals surface area (Å²) in [4.78, 5) is 13.7. The van der Waals surface area contributed by atoms with Crippen molar-refractivity contribution in [2.24, 2.45) is 17.6 Å². The van der Waals surface area contributed by atoms with Crippen LogP contribution in [0.4, 0.5) is 4.79 Å². The predicted molar refractivity (Wildman–Crippen MR) is 73.3 cm³/mol. The van der Waals surface area contributed by atoms with Crippen molar-refractivity contribution in [3.05, 3.63) is 0 Å². The first kappa shape index (κ1) is 15.3. The molecule has 2 unspecified atom stereocenters. The average Bonchev–Trinajstić information content (AvgIpc) is 2.63. The molecule has 4 heteroatoms. The van der Waals surface area contributed by atoms with Gasteiger partial charge in [-0.05, 0) is 45.4 Å². The van der Waals surface area contributed by atoms with Gasteiger partial charge in [-0.3, -0.25) is 0 Å². The van der Waals surface area contributed by atoms with Gasteiger partial charge in [-0.25, -0.2) is 4.79 Å². The molecule has 1 aliphatic rings. The Kier molecular flexibility index (Phi) is 5.02. The van der Waals surface area contributed by atoms with Gasteiger partial charge in [-0.1, -0.05) is 13.8 Å². The van der Waals surface area contributed by atoms with E-state index in [-0.39, 0.29) is 12.1 Å². The van der Waals surface area contributed by atoms with Gasteiger partial charge < -0.3 is 15.4 Å². The molecule has 2 atom stereocenters. The zero-order valence-corrected chi connectivity index (χ0v) is 12.4. The SMILES string of the molecule is CC(C)C(N)CC1CCN(C(=O)OC(C)(C)C)C1. The molecule has 18 heavy (non-hydrogen) atoms. The number of carbonyl (C=O) groups excluding carboxylic acids is 1. The van der Waals surface area contributed by atoms with E-state index in [0.717, 1.165) is 25.9 Å². The standard InChI is InChI=1S/C14H28N2O2/c1-10(2)12(15)8-11-6-7-16(9-11)13(17)18-14(3,4)5/h10-12H,6-9,15H2,1-5H3. The highest BCUT2D eigenvalue weighted by molar-refractivity contribution is 5.68. The molecule has 0 radical (unpaired) electrons. The molecule has 1 heterocycles. The fourth-order valence-electron chi connectivity index (χ4n) is 2.17. The fraction of sp³-hybridized carbons (Fsp3) is 0.929. The summed E-state index contributed by atoms with van der Waals surface area (Å²) in [6.07, 6.45) is 1.85. The summed E-state index contributed by atoms with van der Waals surface area (Å²) in [5.41, 5.74) is 5.67. The first-order valence-electron chi connectivity index (χ1n) is 6.92. The summed E-state index contributed by atoms with van der Waals surface area (Å²) in [5, 5.41) is 0. The molecule has 2 N–H and O–H groups in total. The molecule has 4 nitrogen and oxygen atoms in total. The lowest BCUT2D eigenvalue weighted by atomic mass is 9.93. The van der Waals surface area contributed by atoms with E-state index in [0.29, 0.717) is 11.8 Å². The number of nitrogens with two attached hydrogens (primary N) is 1. The summed E-state index contributed by atoms with van der Waals surface area (Å²) >= 11 is 0. The summed E-state index contributed by atoms with van der Waals surface area (Å²) in [6.45, 7) is 11.6. The second-order valence-electron chi connectivity index (χ2n) is 6.72. The molecular weight excluding hydrogens is 228 g/mol. The predicted octanol–water partition coefficient (Wildman–Crippen LogP) is 2.62. The Hall–Kier alpha value is -0.770. The summed E-state index contributed by atoms with van der Waals surface area (Å²) < 4.78 is 5.38. The summed E-state index contributed by atoms with van der Waals surface area (Å²) in [6, 6.07) is 0.230. The highest BCUT2D eigenvalue weighted by Gasteiger charge is 2.30. The van der Waals surface area contributed by atoms with E-state index in [1.165, 1.54) is 0 Å². The Bertz CT molecular complexity index is 284. The number of nitrogens with zero attached hydrogens (tertiary/aromatic N) is 1. The van der Waals surface area contributed by atoms with Crippen LogP contribution in [0.1, 0.15) is 47.5 Å². The molecule has 0 aliphatic carbocycles. The largest absolute Gasteiger partial charge is 0.444 e. The number of rotatable bonds is 3. The van der Waals surface area contributed by atoms with Crippen LogP contribution < -0.4 is 5.73 Å². The fourth-order valence-corrected chi connectivity index (χ4v) is 2.17. The van der Waals surface area contributed by atoms with E-state index in [9.17, 15) is 4.79 Å². The minimum atomic E-state index is -0.413. The summed E-state index contributed by atoms with van der Waals surface area (Å²) in [5.74, 6) is 1.02. The maximum Gasteiger partial charge on any atom is 0.410 e. The van der Waals surface area contributed by atoms with E-state index < -0.39 is 5.60 Å². The van der Waals surface area contributed by atoms with Crippen molar-refractivity contribution in [3.8, 4) is 0 Å². The molecule has 1 amide bonds. The Balaban J connectivity index is 2.39. The molecule has 0 saturated carbocycles. The minimum Gasteiger partial charge on any atom is -0.444 e. The first-order chi connectivity index (χ1) is 8.19. The second kappa shape index (κ2) is 5.91. The maximum atomic E-state index is 11.9. The van der Waals surface area contributed by atoms with Crippen LogP contribution in [-0.2, 0) is 4.74 Å². The minimum absolute atomic E-state index is 0.192. The molecular formula is C14H28N2O2. The third-order valence-electron chi connectivity index (χ3n) is 3.40. The van der Waals surface area contributed by atoms with Crippen molar-refractivity contribution in [1.82, 2.24) is 4.90 Å². The highest BCUT2D eigenvalue weighted by atomic mass is 16.6. The van der Waals surface area contributed by atoms with Gasteiger partial charge in [0.25, 0.3) is 0 Å². The topological polar surface area (TPSA) is 55.6 Å². The van der Waals surface area contributed by atoms with Gasteiger partial charge in [0.15, 0.2) is 0 Å². The number of likely N-dealkylation sites (tertiary alicyclic amines) is 1. The van der Waals surface area contributed by atoms with Gasteiger partial charge in [-0.15, -0.1) is 0 Å². The van der Waals surface area contributed by atoms with Crippen LogP contribution in [0.15, 0.2) is 0 Å². The van der Waals surface area contributed by atoms with E-state index in [1.807, 2.05) is 25.7 Å². The van der Waals surface area contributed by atoms with Crippen LogP contribution in [0, 0.1) is 11.8 Å². The van der Waals surface area contributed by atoms with Gasteiger partial charge >= 0.3 is 6.09 Å². The van der Waals surface area contributed by atoms with E-state index >= 15 is 0 Å². The maximum absolute atomic E-state index is 11.9. The number of ether oxygens (including phenoxy) is 1. The Morgan fingerprint density at radius 1 is 1.44 bits per heavy atom. The second-order valence-corrected chi connectivity index (χ2v) is 6.72. The van der Waals surface area contributed by atoms with Gasteiger partial charge in [0.2, 0.25) is 0 Å². The molecule has 0 aromatic rings. The first-order valence-corrected chi connectivity index (χ1v) is 6.92. The van der Waals surface area contributed by atoms with Gasteiger partial charge in [0.1, 0.15) is 5.60 Å². The smallest absolute Gasteiger partial charge is 0.410 e. The van der Waals surface area contributed by atoms with Crippen molar-refractivity contribution in [1.29, 1.82) is 0 Å². The third-order valence-corrected chi connectivity index (χ3v) is 3.40. The van der Waals surface area contributed by atoms with Crippen LogP contribution in [0.3, 0.4) is 0 Å². The molecule has 1 aliphatic heterocycles. The molecule has 106 valence electrons. The third kappa shape index (κ3) is 4.84. The van der Waals surface area contributed by atoms with Gasteiger partial charge in [-0.2, -0.15) is 0 Å². The van der Waals surface area contributed by atoms with Crippen LogP contribution in [0.25, 0.3) is 0 Å². The lowest BCUT2D eigenvalue weighted by molar-refractivity contribution is 0.0287. The normalized spacial score (nSPS) is 22.4. The zero-order chi connectivity index (χ0) is 13.9. The van der Waals surface area contributed by atoms with Crippen molar-refractivity contribution < 1.29 is 9.53 Å². The lowest BCUT2D eigenvalue weighted by Crippen LogP contribution is -2.36. The van der Waals surface area contributed by atoms with E-state index in [2.05, 4.69) is 13.8 Å². The van der Waals surface area contributed by atoms with Crippen LogP contribution >= 0.6 is 0 Å². The molecule has 1 saturated heterocycles. The molecule has 0 spiro atoms. The molecule has 0 aromatic carbocycles. The Morgan fingerprint density at radius 2 is 2.06 bits per heavy atom. The van der Waals surface area contributed by atoms with Crippen molar-refractivity contribution in [2.75, 3.05) is 13.1 Å². The van der Waals surface area contributed by atoms with Gasteiger partial charge in [0, 0.05) is 19.1 Å². The molecule has 0 aromatic heterocycles.